The Balaban J connectivity index is 1.64. The van der Waals surface area contributed by atoms with Crippen LogP contribution in [0.2, 0.25) is 5.02 Å². The molecule has 1 amide bonds. The summed E-state index contributed by atoms with van der Waals surface area (Å²) in [5.41, 5.74) is 1.13. The van der Waals surface area contributed by atoms with E-state index in [0.29, 0.717) is 18.2 Å². The number of alkyl halides is 3. The van der Waals surface area contributed by atoms with Crippen molar-refractivity contribution in [1.29, 1.82) is 0 Å². The summed E-state index contributed by atoms with van der Waals surface area (Å²) in [7, 11) is -4.16. The minimum Gasteiger partial charge on any atom is -0.326 e. The van der Waals surface area contributed by atoms with Crippen LogP contribution in [0.1, 0.15) is 23.1 Å². The number of benzene rings is 3. The normalized spacial score (nSPS) is 11.8. The molecule has 0 aliphatic heterocycles. The van der Waals surface area contributed by atoms with E-state index in [1.165, 1.54) is 24.3 Å². The Labute approximate surface area is 194 Å². The van der Waals surface area contributed by atoms with Gasteiger partial charge in [0.25, 0.3) is 10.0 Å². The summed E-state index contributed by atoms with van der Waals surface area (Å²) >= 11 is 5.56. The molecule has 0 unspecified atom stereocenters. The highest BCUT2D eigenvalue weighted by atomic mass is 35.5. The Morgan fingerprint density at radius 2 is 1.55 bits per heavy atom. The highest BCUT2D eigenvalue weighted by Crippen LogP contribution is 2.36. The molecule has 3 rings (SSSR count). The zero-order valence-electron chi connectivity index (χ0n) is 17.4. The first-order valence-corrected chi connectivity index (χ1v) is 11.7. The summed E-state index contributed by atoms with van der Waals surface area (Å²) in [5, 5.41) is 2.15. The molecular formula is C23H20ClF3N2O3S. The lowest BCUT2D eigenvalue weighted by Crippen LogP contribution is -2.15. The highest BCUT2D eigenvalue weighted by Gasteiger charge is 2.33. The second kappa shape index (κ2) is 9.84. The predicted octanol–water partition coefficient (Wildman–Crippen LogP) is 6.04. The fraction of sp³-hybridized carbons (Fsp3) is 0.174. The molecule has 0 saturated carbocycles. The third-order valence-electron chi connectivity index (χ3n) is 4.73. The topological polar surface area (TPSA) is 75.3 Å². The summed E-state index contributed by atoms with van der Waals surface area (Å²) < 4.78 is 66.2. The number of amides is 1. The molecule has 174 valence electrons. The Kier molecular flexibility index (Phi) is 7.34. The number of rotatable bonds is 7. The van der Waals surface area contributed by atoms with Crippen LogP contribution in [0.4, 0.5) is 24.5 Å². The molecule has 5 nitrogen and oxygen atoms in total. The predicted molar refractivity (Wildman–Crippen MR) is 122 cm³/mol. The van der Waals surface area contributed by atoms with Crippen LogP contribution in [0.25, 0.3) is 0 Å². The maximum Gasteiger partial charge on any atom is 0.417 e. The number of hydrogen-bond acceptors (Lipinski definition) is 3. The first-order valence-electron chi connectivity index (χ1n) is 9.79. The van der Waals surface area contributed by atoms with Crippen LogP contribution in [-0.2, 0) is 27.4 Å². The van der Waals surface area contributed by atoms with E-state index in [2.05, 4.69) is 10.0 Å². The van der Waals surface area contributed by atoms with Crippen molar-refractivity contribution < 1.29 is 26.4 Å². The smallest absolute Gasteiger partial charge is 0.326 e. The van der Waals surface area contributed by atoms with Crippen LogP contribution in [0.15, 0.2) is 71.6 Å². The van der Waals surface area contributed by atoms with Gasteiger partial charge < -0.3 is 5.32 Å². The fourth-order valence-corrected chi connectivity index (χ4v) is 4.25. The van der Waals surface area contributed by atoms with Crippen molar-refractivity contribution >= 4 is 38.9 Å². The number of carbonyl (C=O) groups excluding carboxylic acids is 1. The van der Waals surface area contributed by atoms with E-state index < -0.39 is 26.8 Å². The lowest BCUT2D eigenvalue weighted by molar-refractivity contribution is -0.137. The van der Waals surface area contributed by atoms with E-state index in [4.69, 9.17) is 11.6 Å². The molecule has 33 heavy (non-hydrogen) atoms. The van der Waals surface area contributed by atoms with E-state index in [1.54, 1.807) is 0 Å². The molecule has 0 aliphatic carbocycles. The lowest BCUT2D eigenvalue weighted by atomic mass is 10.1. The molecule has 0 saturated heterocycles. The third-order valence-corrected chi connectivity index (χ3v) is 6.46. The van der Waals surface area contributed by atoms with Crippen molar-refractivity contribution in [2.45, 2.75) is 30.8 Å². The van der Waals surface area contributed by atoms with E-state index in [0.717, 1.165) is 23.3 Å². The van der Waals surface area contributed by atoms with E-state index >= 15 is 0 Å². The minimum atomic E-state index is -4.72. The molecule has 3 aromatic rings. The van der Waals surface area contributed by atoms with Crippen LogP contribution < -0.4 is 10.0 Å². The van der Waals surface area contributed by atoms with Gasteiger partial charge in [-0.15, -0.1) is 0 Å². The van der Waals surface area contributed by atoms with Crippen LogP contribution >= 0.6 is 11.6 Å². The number of carbonyl (C=O) groups is 1. The zero-order valence-corrected chi connectivity index (χ0v) is 19.0. The van der Waals surface area contributed by atoms with Gasteiger partial charge in [0.05, 0.1) is 15.5 Å². The Morgan fingerprint density at radius 3 is 2.15 bits per heavy atom. The van der Waals surface area contributed by atoms with Crippen molar-refractivity contribution in [3.63, 3.8) is 0 Å². The highest BCUT2D eigenvalue weighted by molar-refractivity contribution is 7.92. The molecule has 0 fully saturated rings. The SMILES string of the molecule is Cc1ccc(CCC(=O)Nc2ccc(S(=O)(=O)Nc3ccc(Cl)c(C(F)(F)F)c3)cc2)cc1. The minimum absolute atomic E-state index is 0.177. The van der Waals surface area contributed by atoms with Gasteiger partial charge in [0.2, 0.25) is 5.91 Å². The first-order chi connectivity index (χ1) is 15.4. The lowest BCUT2D eigenvalue weighted by Gasteiger charge is -2.13. The van der Waals surface area contributed by atoms with Crippen molar-refractivity contribution in [3.8, 4) is 0 Å². The molecule has 0 radical (unpaired) electrons. The monoisotopic (exact) mass is 496 g/mol. The van der Waals surface area contributed by atoms with Gasteiger partial charge in [-0.25, -0.2) is 8.42 Å². The maximum absolute atomic E-state index is 13.0. The van der Waals surface area contributed by atoms with Gasteiger partial charge in [-0.05, 0) is 61.4 Å². The molecule has 0 bridgehead atoms. The second-order valence-electron chi connectivity index (χ2n) is 7.36. The molecule has 2 N–H and O–H groups in total. The molecular weight excluding hydrogens is 477 g/mol. The standard InChI is InChI=1S/C23H20ClF3N2O3S/c1-15-2-4-16(5-3-15)6-13-22(30)28-17-7-10-19(11-8-17)33(31,32)29-18-9-12-21(24)20(14-18)23(25,26)27/h2-5,7-12,14,29H,6,13H2,1H3,(H,28,30). The Hall–Kier alpha value is -3.04. The van der Waals surface area contributed by atoms with E-state index in [1.807, 2.05) is 31.2 Å². The summed E-state index contributed by atoms with van der Waals surface area (Å²) in [6, 6.07) is 15.9. The molecule has 0 heterocycles. The van der Waals surface area contributed by atoms with E-state index in [9.17, 15) is 26.4 Å². The van der Waals surface area contributed by atoms with E-state index in [-0.39, 0.29) is 22.9 Å². The average molecular weight is 497 g/mol. The van der Waals surface area contributed by atoms with Crippen LogP contribution in [0.3, 0.4) is 0 Å². The quantitative estimate of drug-likeness (QED) is 0.419. The zero-order chi connectivity index (χ0) is 24.2. The number of aryl methyl sites for hydroxylation is 2. The van der Waals surface area contributed by atoms with Gasteiger partial charge in [-0.3, -0.25) is 9.52 Å². The number of anilines is 2. The van der Waals surface area contributed by atoms with Gasteiger partial charge in [-0.1, -0.05) is 41.4 Å². The van der Waals surface area contributed by atoms with Gasteiger partial charge in [0.1, 0.15) is 0 Å². The number of hydrogen-bond donors (Lipinski definition) is 2. The molecule has 0 spiro atoms. The maximum atomic E-state index is 13.0. The van der Waals surface area contributed by atoms with Crippen molar-refractivity contribution in [2.24, 2.45) is 0 Å². The molecule has 0 aromatic heterocycles. The number of nitrogens with one attached hydrogen (secondary N) is 2. The third kappa shape index (κ3) is 6.72. The van der Waals surface area contributed by atoms with Crippen LogP contribution in [0, 0.1) is 6.92 Å². The molecule has 0 aliphatic rings. The summed E-state index contributed by atoms with van der Waals surface area (Å²) in [6.45, 7) is 1.98. The molecule has 0 atom stereocenters. The van der Waals surface area contributed by atoms with Gasteiger partial charge in [0, 0.05) is 17.8 Å². The van der Waals surface area contributed by atoms with Crippen molar-refractivity contribution in [3.05, 3.63) is 88.4 Å². The van der Waals surface area contributed by atoms with Gasteiger partial charge in [0.15, 0.2) is 0 Å². The molecule has 3 aromatic carbocycles. The van der Waals surface area contributed by atoms with Crippen molar-refractivity contribution in [1.82, 2.24) is 0 Å². The second-order valence-corrected chi connectivity index (χ2v) is 9.45. The summed E-state index contributed by atoms with van der Waals surface area (Å²) in [4.78, 5) is 12.0. The Bertz CT molecular complexity index is 1240. The van der Waals surface area contributed by atoms with Gasteiger partial charge in [-0.2, -0.15) is 13.2 Å². The first kappa shape index (κ1) is 24.6. The van der Waals surface area contributed by atoms with Gasteiger partial charge >= 0.3 is 6.18 Å². The fourth-order valence-electron chi connectivity index (χ4n) is 2.97. The van der Waals surface area contributed by atoms with Crippen LogP contribution in [-0.4, -0.2) is 14.3 Å². The summed E-state index contributed by atoms with van der Waals surface area (Å²) in [5.74, 6) is -0.231. The number of sulfonamides is 1. The summed E-state index contributed by atoms with van der Waals surface area (Å²) in [6.07, 6.45) is -3.91. The average Bonchev–Trinajstić information content (AvgIpc) is 2.74. The van der Waals surface area contributed by atoms with Crippen LogP contribution in [0.5, 0.6) is 0 Å². The Morgan fingerprint density at radius 1 is 0.939 bits per heavy atom. The number of halogens is 4. The molecule has 10 heteroatoms. The largest absolute Gasteiger partial charge is 0.417 e. The van der Waals surface area contributed by atoms with Crippen molar-refractivity contribution in [2.75, 3.05) is 10.0 Å².